The molecule has 22 heavy (non-hydrogen) atoms. The summed E-state index contributed by atoms with van der Waals surface area (Å²) in [5, 5.41) is 31.8. The Morgan fingerprint density at radius 3 is 2.14 bits per heavy atom. The minimum absolute atomic E-state index is 0.0544. The van der Waals surface area contributed by atoms with Gasteiger partial charge in [-0.3, -0.25) is 4.79 Å². The van der Waals surface area contributed by atoms with Crippen molar-refractivity contribution in [3.8, 4) is 0 Å². The van der Waals surface area contributed by atoms with E-state index in [9.17, 15) is 9.59 Å². The van der Waals surface area contributed by atoms with Crippen molar-refractivity contribution in [3.05, 3.63) is 35.9 Å². The number of aliphatic hydroxyl groups excluding tert-OH is 2. The fourth-order valence-electron chi connectivity index (χ4n) is 1.98. The average Bonchev–Trinajstić information content (AvgIpc) is 2.51. The van der Waals surface area contributed by atoms with Crippen molar-refractivity contribution in [2.75, 3.05) is 13.2 Å². The first-order valence-corrected chi connectivity index (χ1v) is 7.09. The van der Waals surface area contributed by atoms with E-state index in [1.807, 2.05) is 30.3 Å². The number of nitrogens with one attached hydrogen (secondary N) is 2. The molecular formula is C15H22N2O5. The van der Waals surface area contributed by atoms with Crippen LogP contribution in [-0.4, -0.2) is 52.6 Å². The van der Waals surface area contributed by atoms with Crippen LogP contribution in [0.5, 0.6) is 0 Å². The Labute approximate surface area is 129 Å². The fraction of sp³-hybridized carbons (Fsp3) is 0.467. The second-order valence-electron chi connectivity index (χ2n) is 5.00. The van der Waals surface area contributed by atoms with Gasteiger partial charge in [0.15, 0.2) is 0 Å². The molecule has 0 heterocycles. The summed E-state index contributed by atoms with van der Waals surface area (Å²) in [5.74, 6) is -0.927. The van der Waals surface area contributed by atoms with Crippen molar-refractivity contribution < 1.29 is 24.9 Å². The molecular weight excluding hydrogens is 288 g/mol. The number of amides is 2. The molecule has 0 aliphatic rings. The van der Waals surface area contributed by atoms with E-state index in [0.29, 0.717) is 12.8 Å². The first-order chi connectivity index (χ1) is 10.5. The van der Waals surface area contributed by atoms with Crippen molar-refractivity contribution in [3.63, 3.8) is 0 Å². The van der Waals surface area contributed by atoms with E-state index in [0.717, 1.165) is 5.56 Å². The number of carboxylic acid groups (broad SMARTS) is 1. The molecule has 1 aromatic carbocycles. The van der Waals surface area contributed by atoms with Crippen LogP contribution >= 0.6 is 0 Å². The second kappa shape index (κ2) is 9.75. The zero-order valence-corrected chi connectivity index (χ0v) is 12.2. The average molecular weight is 310 g/mol. The van der Waals surface area contributed by atoms with Gasteiger partial charge >= 0.3 is 12.0 Å². The zero-order chi connectivity index (χ0) is 16.4. The highest BCUT2D eigenvalue weighted by molar-refractivity contribution is 5.74. The number of benzene rings is 1. The van der Waals surface area contributed by atoms with Crippen LogP contribution in [0, 0.1) is 0 Å². The Hall–Kier alpha value is -2.12. The van der Waals surface area contributed by atoms with E-state index < -0.39 is 18.0 Å². The van der Waals surface area contributed by atoms with Crippen LogP contribution in [0.15, 0.2) is 30.3 Å². The van der Waals surface area contributed by atoms with Crippen LogP contribution in [-0.2, 0) is 11.2 Å². The number of hydrogen-bond acceptors (Lipinski definition) is 4. The molecule has 122 valence electrons. The Balaban J connectivity index is 2.60. The molecule has 0 bridgehead atoms. The number of carbonyl (C=O) groups is 2. The maximum Gasteiger partial charge on any atom is 0.315 e. The van der Waals surface area contributed by atoms with Gasteiger partial charge in [-0.15, -0.1) is 0 Å². The molecule has 0 radical (unpaired) electrons. The van der Waals surface area contributed by atoms with Crippen molar-refractivity contribution in [1.29, 1.82) is 0 Å². The van der Waals surface area contributed by atoms with Crippen molar-refractivity contribution in [1.82, 2.24) is 10.6 Å². The molecule has 1 rings (SSSR count). The SMILES string of the molecule is O=C(O)CCC(Cc1ccccc1)NC(=O)NC(CO)CO. The molecule has 0 spiro atoms. The van der Waals surface area contributed by atoms with E-state index in [2.05, 4.69) is 10.6 Å². The lowest BCUT2D eigenvalue weighted by Crippen LogP contribution is -2.49. The van der Waals surface area contributed by atoms with Crippen LogP contribution in [0.4, 0.5) is 4.79 Å². The standard InChI is InChI=1S/C15H22N2O5/c18-9-13(10-19)17-15(22)16-12(6-7-14(20)21)8-11-4-2-1-3-5-11/h1-5,12-13,18-19H,6-10H2,(H,20,21)(H2,16,17,22). The quantitative estimate of drug-likeness (QED) is 0.444. The minimum atomic E-state index is -0.927. The topological polar surface area (TPSA) is 119 Å². The van der Waals surface area contributed by atoms with Crippen molar-refractivity contribution >= 4 is 12.0 Å². The van der Waals surface area contributed by atoms with E-state index in [1.165, 1.54) is 0 Å². The third-order valence-electron chi connectivity index (χ3n) is 3.14. The van der Waals surface area contributed by atoms with E-state index in [-0.39, 0.29) is 25.7 Å². The monoisotopic (exact) mass is 310 g/mol. The largest absolute Gasteiger partial charge is 0.481 e. The predicted molar refractivity (Wildman–Crippen MR) is 80.4 cm³/mol. The van der Waals surface area contributed by atoms with Gasteiger partial charge in [0.05, 0.1) is 19.3 Å². The van der Waals surface area contributed by atoms with E-state index >= 15 is 0 Å². The van der Waals surface area contributed by atoms with Crippen molar-refractivity contribution in [2.24, 2.45) is 0 Å². The van der Waals surface area contributed by atoms with Crippen LogP contribution < -0.4 is 10.6 Å². The molecule has 5 N–H and O–H groups in total. The first kappa shape index (κ1) is 17.9. The summed E-state index contributed by atoms with van der Waals surface area (Å²) < 4.78 is 0. The lowest BCUT2D eigenvalue weighted by molar-refractivity contribution is -0.137. The fourth-order valence-corrected chi connectivity index (χ4v) is 1.98. The number of urea groups is 1. The highest BCUT2D eigenvalue weighted by Crippen LogP contribution is 2.08. The third kappa shape index (κ3) is 7.05. The zero-order valence-electron chi connectivity index (χ0n) is 12.2. The molecule has 0 saturated carbocycles. The smallest absolute Gasteiger partial charge is 0.315 e. The summed E-state index contributed by atoms with van der Waals surface area (Å²) in [5.41, 5.74) is 0.985. The summed E-state index contributed by atoms with van der Waals surface area (Å²) >= 11 is 0. The predicted octanol–water partition coefficient (Wildman–Crippen LogP) is 0.115. The molecule has 1 aromatic rings. The highest BCUT2D eigenvalue weighted by atomic mass is 16.4. The van der Waals surface area contributed by atoms with Gasteiger partial charge in [0.2, 0.25) is 0 Å². The second-order valence-corrected chi connectivity index (χ2v) is 5.00. The normalized spacial score (nSPS) is 12.0. The lowest BCUT2D eigenvalue weighted by atomic mass is 10.0. The molecule has 1 unspecified atom stereocenters. The van der Waals surface area contributed by atoms with Gasteiger partial charge in [0, 0.05) is 12.5 Å². The molecule has 0 fully saturated rings. The molecule has 0 aromatic heterocycles. The third-order valence-corrected chi connectivity index (χ3v) is 3.14. The Morgan fingerprint density at radius 1 is 1.00 bits per heavy atom. The molecule has 7 heteroatoms. The number of carbonyl (C=O) groups excluding carboxylic acids is 1. The highest BCUT2D eigenvalue weighted by Gasteiger charge is 2.16. The van der Waals surface area contributed by atoms with Gasteiger partial charge in [-0.2, -0.15) is 0 Å². The summed E-state index contributed by atoms with van der Waals surface area (Å²) in [7, 11) is 0. The van der Waals surface area contributed by atoms with Crippen LogP contribution in [0.25, 0.3) is 0 Å². The Morgan fingerprint density at radius 2 is 1.59 bits per heavy atom. The number of hydrogen-bond donors (Lipinski definition) is 5. The van der Waals surface area contributed by atoms with Gasteiger partial charge < -0.3 is 26.0 Å². The Kier molecular flexibility index (Phi) is 7.95. The molecule has 0 saturated heterocycles. The maximum absolute atomic E-state index is 11.8. The summed E-state index contributed by atoms with van der Waals surface area (Å²) in [6, 6.07) is 7.79. The van der Waals surface area contributed by atoms with Gasteiger partial charge in [0.1, 0.15) is 0 Å². The van der Waals surface area contributed by atoms with Gasteiger partial charge in [-0.25, -0.2) is 4.79 Å². The number of aliphatic hydroxyl groups is 2. The van der Waals surface area contributed by atoms with Gasteiger partial charge in [-0.1, -0.05) is 30.3 Å². The molecule has 0 aliphatic carbocycles. The molecule has 7 nitrogen and oxygen atoms in total. The first-order valence-electron chi connectivity index (χ1n) is 7.09. The van der Waals surface area contributed by atoms with Crippen molar-refractivity contribution in [2.45, 2.75) is 31.3 Å². The maximum atomic E-state index is 11.8. The number of carboxylic acids is 1. The molecule has 2 amide bonds. The van der Waals surface area contributed by atoms with Crippen LogP contribution in [0.2, 0.25) is 0 Å². The number of rotatable bonds is 9. The summed E-state index contributed by atoms with van der Waals surface area (Å²) in [6.45, 7) is -0.745. The van der Waals surface area contributed by atoms with Gasteiger partial charge in [-0.05, 0) is 18.4 Å². The molecule has 1 atom stereocenters. The van der Waals surface area contributed by atoms with Gasteiger partial charge in [0.25, 0.3) is 0 Å². The lowest BCUT2D eigenvalue weighted by Gasteiger charge is -2.21. The van der Waals surface area contributed by atoms with E-state index in [1.54, 1.807) is 0 Å². The summed E-state index contributed by atoms with van der Waals surface area (Å²) in [6.07, 6.45) is 0.742. The molecule has 0 aliphatic heterocycles. The van der Waals surface area contributed by atoms with Crippen LogP contribution in [0.1, 0.15) is 18.4 Å². The number of aliphatic carboxylic acids is 1. The Bertz CT molecular complexity index is 462. The summed E-state index contributed by atoms with van der Waals surface area (Å²) in [4.78, 5) is 22.5. The minimum Gasteiger partial charge on any atom is -0.481 e. The van der Waals surface area contributed by atoms with E-state index in [4.69, 9.17) is 15.3 Å². The van der Waals surface area contributed by atoms with Crippen LogP contribution in [0.3, 0.4) is 0 Å².